The lowest BCUT2D eigenvalue weighted by Crippen LogP contribution is -1.85. The van der Waals surface area contributed by atoms with Gasteiger partial charge in [0.05, 0.1) is 0 Å². The fourth-order valence-corrected chi connectivity index (χ4v) is 16.1. The molecular formula is C95H190. The summed E-state index contributed by atoms with van der Waals surface area (Å²) in [5.41, 5.74) is 0. The highest BCUT2D eigenvalue weighted by atomic mass is 14.1. The second-order valence-electron chi connectivity index (χ2n) is 32.9. The van der Waals surface area contributed by atoms with Crippen molar-refractivity contribution in [3.8, 4) is 0 Å². The molecule has 0 heterocycles. The average molecular weight is 1330 g/mol. The van der Waals surface area contributed by atoms with Crippen molar-refractivity contribution in [3.05, 3.63) is 12.7 Å². The predicted octanol–water partition coefficient (Wildman–Crippen LogP) is 37.1. The van der Waals surface area contributed by atoms with Crippen LogP contribution in [0.2, 0.25) is 0 Å². The summed E-state index contributed by atoms with van der Waals surface area (Å²) in [6, 6.07) is 0. The minimum absolute atomic E-state index is 1.21. The summed E-state index contributed by atoms with van der Waals surface area (Å²) in [6.07, 6.45) is 139. The Morgan fingerprint density at radius 3 is 0.232 bits per heavy atom. The molecule has 0 saturated heterocycles. The quantitative estimate of drug-likeness (QED) is 0.0421. The molecular weight excluding hydrogens is 1140 g/mol. The molecule has 95 heavy (non-hydrogen) atoms. The first-order chi connectivity index (χ1) is 47.4. The Bertz CT molecular complexity index is 1250. The fourth-order valence-electron chi connectivity index (χ4n) is 16.1. The Hall–Kier alpha value is -0.260. The predicted molar refractivity (Wildman–Crippen MR) is 441 cm³/mol. The van der Waals surface area contributed by atoms with Crippen LogP contribution in [0.3, 0.4) is 0 Å². The molecule has 0 aliphatic heterocycles. The highest BCUT2D eigenvalue weighted by molar-refractivity contribution is 4.66. The molecule has 0 aliphatic carbocycles. The number of hydrogen-bond donors (Lipinski definition) is 0. The van der Waals surface area contributed by atoms with Crippen LogP contribution in [0.4, 0.5) is 0 Å². The fraction of sp³-hybridized carbons (Fsp3) is 0.979. The molecule has 0 aliphatic rings. The van der Waals surface area contributed by atoms with Gasteiger partial charge in [-0.05, 0) is 12.8 Å². The Morgan fingerprint density at radius 1 is 0.105 bits per heavy atom. The van der Waals surface area contributed by atoms with E-state index in [2.05, 4.69) is 19.6 Å². The standard InChI is InChI=1S/C95H190/c1-3-5-7-9-11-13-15-17-19-21-23-25-27-29-31-33-35-37-39-41-43-45-47-49-51-53-55-57-59-61-63-65-67-69-71-73-75-77-79-81-83-85-87-89-91-93-95-94-92-90-88-86-84-82-80-78-76-74-72-70-68-66-64-62-60-58-56-54-52-50-48-46-44-42-40-38-36-34-32-30-28-26-24-22-20-18-16-14-12-10-8-6-4-2/h3H,1,4-95H2,2H3. The zero-order valence-electron chi connectivity index (χ0n) is 67.3. The van der Waals surface area contributed by atoms with E-state index in [4.69, 9.17) is 0 Å². The van der Waals surface area contributed by atoms with Gasteiger partial charge in [0.25, 0.3) is 0 Å². The average Bonchev–Trinajstić information content (AvgIpc) is 3.59. The first-order valence-electron chi connectivity index (χ1n) is 47.0. The number of rotatable bonds is 92. The second kappa shape index (κ2) is 93.7. The molecule has 0 aromatic heterocycles. The van der Waals surface area contributed by atoms with Crippen LogP contribution in [0.25, 0.3) is 0 Å². The molecule has 0 unspecified atom stereocenters. The maximum Gasteiger partial charge on any atom is -0.0353 e. The summed E-state index contributed by atoms with van der Waals surface area (Å²) in [5, 5.41) is 0. The molecule has 0 atom stereocenters. The molecule has 0 aromatic carbocycles. The second-order valence-corrected chi connectivity index (χ2v) is 32.9. The Balaban J connectivity index is 3.09. The number of unbranched alkanes of at least 4 members (excludes halogenated alkanes) is 91. The third kappa shape index (κ3) is 93.7. The number of allylic oxidation sites excluding steroid dienone is 1. The minimum Gasteiger partial charge on any atom is -0.103 e. The number of hydrogen-bond acceptors (Lipinski definition) is 0. The van der Waals surface area contributed by atoms with Crippen LogP contribution >= 0.6 is 0 Å². The topological polar surface area (TPSA) is 0 Å². The monoisotopic (exact) mass is 1330 g/mol. The van der Waals surface area contributed by atoms with E-state index in [0.29, 0.717) is 0 Å². The van der Waals surface area contributed by atoms with Gasteiger partial charge in [0, 0.05) is 0 Å². The molecule has 0 spiro atoms. The van der Waals surface area contributed by atoms with E-state index in [-0.39, 0.29) is 0 Å². The van der Waals surface area contributed by atoms with E-state index in [1.165, 1.54) is 591 Å². The molecule has 0 aromatic rings. The lowest BCUT2D eigenvalue weighted by Gasteiger charge is -2.05. The zero-order chi connectivity index (χ0) is 67.8. The van der Waals surface area contributed by atoms with Gasteiger partial charge in [0.15, 0.2) is 0 Å². The SMILES string of the molecule is C=CCCCCCCCCCCCCCCCCCCCCCCCCCCCCCCCCCCCCCCCCCCCCCCCCCCCCCCCCCCCCCCCCCCCCCCCCCCCCCCCCCCCCCCCCCCCCC. The molecule has 0 rings (SSSR count). The first-order valence-corrected chi connectivity index (χ1v) is 47.0. The summed E-state index contributed by atoms with van der Waals surface area (Å²) < 4.78 is 0. The molecule has 0 radical (unpaired) electrons. The van der Waals surface area contributed by atoms with Gasteiger partial charge in [-0.1, -0.05) is 591 Å². The third-order valence-electron chi connectivity index (χ3n) is 23.0. The van der Waals surface area contributed by atoms with Crippen molar-refractivity contribution in [3.63, 3.8) is 0 Å². The maximum absolute atomic E-state index is 3.83. The Morgan fingerprint density at radius 2 is 0.168 bits per heavy atom. The van der Waals surface area contributed by atoms with Crippen LogP contribution in [-0.2, 0) is 0 Å². The van der Waals surface area contributed by atoms with Crippen LogP contribution in [0.15, 0.2) is 12.7 Å². The van der Waals surface area contributed by atoms with Crippen molar-refractivity contribution in [1.29, 1.82) is 0 Å². The van der Waals surface area contributed by atoms with Gasteiger partial charge < -0.3 is 0 Å². The highest BCUT2D eigenvalue weighted by Gasteiger charge is 2.03. The normalized spacial score (nSPS) is 11.8. The summed E-state index contributed by atoms with van der Waals surface area (Å²) in [5.74, 6) is 0. The van der Waals surface area contributed by atoms with Crippen LogP contribution in [0, 0.1) is 0 Å². The van der Waals surface area contributed by atoms with Crippen molar-refractivity contribution >= 4 is 0 Å². The van der Waals surface area contributed by atoms with E-state index >= 15 is 0 Å². The van der Waals surface area contributed by atoms with Gasteiger partial charge in [0.2, 0.25) is 0 Å². The van der Waals surface area contributed by atoms with E-state index in [1.54, 1.807) is 0 Å². The van der Waals surface area contributed by atoms with Crippen LogP contribution in [-0.4, -0.2) is 0 Å². The summed E-state index contributed by atoms with van der Waals surface area (Å²) in [6.45, 7) is 6.14. The lowest BCUT2D eigenvalue weighted by atomic mass is 10.0. The van der Waals surface area contributed by atoms with Gasteiger partial charge in [-0.3, -0.25) is 0 Å². The molecule has 0 bridgehead atoms. The van der Waals surface area contributed by atoms with E-state index in [9.17, 15) is 0 Å². The van der Waals surface area contributed by atoms with Crippen molar-refractivity contribution in [1.82, 2.24) is 0 Å². The van der Waals surface area contributed by atoms with Crippen molar-refractivity contribution in [2.45, 2.75) is 598 Å². The molecule has 0 N–H and O–H groups in total. The smallest absolute Gasteiger partial charge is 0.0353 e. The van der Waals surface area contributed by atoms with E-state index in [1.807, 2.05) is 0 Å². The van der Waals surface area contributed by atoms with E-state index < -0.39 is 0 Å². The maximum atomic E-state index is 3.83. The zero-order valence-corrected chi connectivity index (χ0v) is 67.3. The lowest BCUT2D eigenvalue weighted by molar-refractivity contribution is 0.505. The Kier molecular flexibility index (Phi) is 93.5. The van der Waals surface area contributed by atoms with Gasteiger partial charge in [0.1, 0.15) is 0 Å². The first kappa shape index (κ1) is 94.7. The van der Waals surface area contributed by atoms with Crippen LogP contribution in [0.5, 0.6) is 0 Å². The van der Waals surface area contributed by atoms with E-state index in [0.717, 1.165) is 0 Å². The largest absolute Gasteiger partial charge is 0.103 e. The van der Waals surface area contributed by atoms with Crippen LogP contribution in [0.1, 0.15) is 598 Å². The summed E-state index contributed by atoms with van der Waals surface area (Å²) in [7, 11) is 0. The molecule has 0 heteroatoms. The van der Waals surface area contributed by atoms with Gasteiger partial charge >= 0.3 is 0 Å². The molecule has 0 fully saturated rings. The van der Waals surface area contributed by atoms with Crippen LogP contribution < -0.4 is 0 Å². The van der Waals surface area contributed by atoms with Crippen molar-refractivity contribution in [2.24, 2.45) is 0 Å². The summed E-state index contributed by atoms with van der Waals surface area (Å²) >= 11 is 0. The molecule has 0 nitrogen and oxygen atoms in total. The van der Waals surface area contributed by atoms with Crippen molar-refractivity contribution in [2.75, 3.05) is 0 Å². The van der Waals surface area contributed by atoms with Gasteiger partial charge in [-0.15, -0.1) is 6.58 Å². The van der Waals surface area contributed by atoms with Gasteiger partial charge in [-0.2, -0.15) is 0 Å². The van der Waals surface area contributed by atoms with Crippen molar-refractivity contribution < 1.29 is 0 Å². The summed E-state index contributed by atoms with van der Waals surface area (Å²) in [4.78, 5) is 0. The van der Waals surface area contributed by atoms with Gasteiger partial charge in [-0.25, -0.2) is 0 Å². The Labute approximate surface area is 606 Å². The molecule has 0 saturated carbocycles. The molecule has 570 valence electrons. The third-order valence-corrected chi connectivity index (χ3v) is 23.0. The minimum atomic E-state index is 1.21. The molecule has 0 amide bonds. The highest BCUT2D eigenvalue weighted by Crippen LogP contribution is 2.23.